The molecule has 0 spiro atoms. The highest BCUT2D eigenvalue weighted by Crippen LogP contribution is 2.37. The first kappa shape index (κ1) is 12.2. The van der Waals surface area contributed by atoms with Crippen LogP contribution in [0.5, 0.6) is 0 Å². The van der Waals surface area contributed by atoms with Gasteiger partial charge in [-0.25, -0.2) is 0 Å². The lowest BCUT2D eigenvalue weighted by molar-refractivity contribution is -0.123. The standard InChI is InChI=1S/C15H21NO/c1-11-10-14(11)15(17)16-12(2)8-9-13-6-4-3-5-7-13/h3-7,11-12,14H,8-10H2,1-2H3,(H,16,17)/t11-,12+,14+/m0/s1. The van der Waals surface area contributed by atoms with Crippen LogP contribution in [0.4, 0.5) is 0 Å². The fourth-order valence-electron chi connectivity index (χ4n) is 2.14. The van der Waals surface area contributed by atoms with Gasteiger partial charge in [0.25, 0.3) is 0 Å². The molecule has 1 N–H and O–H groups in total. The van der Waals surface area contributed by atoms with Crippen molar-refractivity contribution in [3.63, 3.8) is 0 Å². The average Bonchev–Trinajstić information content (AvgIpc) is 3.05. The fourth-order valence-corrected chi connectivity index (χ4v) is 2.14. The molecule has 0 unspecified atom stereocenters. The SMILES string of the molecule is C[C@H](CCc1ccccc1)NC(=O)[C@@H]1C[C@@H]1C. The van der Waals surface area contributed by atoms with Gasteiger partial charge in [-0.05, 0) is 37.7 Å². The zero-order valence-corrected chi connectivity index (χ0v) is 10.6. The third kappa shape index (κ3) is 3.58. The zero-order chi connectivity index (χ0) is 12.3. The molecule has 1 aromatic carbocycles. The number of nitrogens with one attached hydrogen (secondary N) is 1. The number of carbonyl (C=O) groups is 1. The third-order valence-electron chi connectivity index (χ3n) is 3.54. The van der Waals surface area contributed by atoms with Crippen molar-refractivity contribution in [1.82, 2.24) is 5.32 Å². The van der Waals surface area contributed by atoms with Gasteiger partial charge >= 0.3 is 0 Å². The highest BCUT2D eigenvalue weighted by molar-refractivity contribution is 5.81. The first-order valence-corrected chi connectivity index (χ1v) is 6.51. The second-order valence-electron chi connectivity index (χ2n) is 5.25. The molecule has 2 heteroatoms. The molecule has 1 aliphatic rings. The van der Waals surface area contributed by atoms with E-state index in [-0.39, 0.29) is 17.9 Å². The van der Waals surface area contributed by atoms with Gasteiger partial charge in [0, 0.05) is 12.0 Å². The predicted molar refractivity (Wildman–Crippen MR) is 69.6 cm³/mol. The Balaban J connectivity index is 1.71. The third-order valence-corrected chi connectivity index (χ3v) is 3.54. The minimum absolute atomic E-state index is 0.248. The Labute approximate surface area is 103 Å². The normalized spacial score (nSPS) is 24.1. The predicted octanol–water partition coefficient (Wildman–Crippen LogP) is 2.78. The Hall–Kier alpha value is -1.31. The maximum Gasteiger partial charge on any atom is 0.223 e. The molecule has 0 aliphatic heterocycles. The lowest BCUT2D eigenvalue weighted by Gasteiger charge is -2.13. The van der Waals surface area contributed by atoms with Crippen molar-refractivity contribution in [3.8, 4) is 0 Å². The van der Waals surface area contributed by atoms with Gasteiger partial charge in [0.2, 0.25) is 5.91 Å². The summed E-state index contributed by atoms with van der Waals surface area (Å²) in [5, 5.41) is 3.10. The Morgan fingerprint density at radius 3 is 2.65 bits per heavy atom. The van der Waals surface area contributed by atoms with E-state index in [4.69, 9.17) is 0 Å². The average molecular weight is 231 g/mol. The minimum Gasteiger partial charge on any atom is -0.353 e. The Kier molecular flexibility index (Phi) is 3.82. The van der Waals surface area contributed by atoms with Crippen LogP contribution in [0.15, 0.2) is 30.3 Å². The number of carbonyl (C=O) groups excluding carboxylic acids is 1. The van der Waals surface area contributed by atoms with E-state index in [1.54, 1.807) is 0 Å². The van der Waals surface area contributed by atoms with Gasteiger partial charge in [0.1, 0.15) is 0 Å². The van der Waals surface area contributed by atoms with Crippen molar-refractivity contribution < 1.29 is 4.79 Å². The largest absolute Gasteiger partial charge is 0.353 e. The van der Waals surface area contributed by atoms with Gasteiger partial charge < -0.3 is 5.32 Å². The van der Waals surface area contributed by atoms with Gasteiger partial charge in [-0.2, -0.15) is 0 Å². The Morgan fingerprint density at radius 1 is 1.41 bits per heavy atom. The minimum atomic E-state index is 0.248. The number of hydrogen-bond acceptors (Lipinski definition) is 1. The van der Waals surface area contributed by atoms with Crippen molar-refractivity contribution in [1.29, 1.82) is 0 Å². The van der Waals surface area contributed by atoms with Crippen LogP contribution in [-0.2, 0) is 11.2 Å². The van der Waals surface area contributed by atoms with E-state index in [1.165, 1.54) is 5.56 Å². The summed E-state index contributed by atoms with van der Waals surface area (Å²) in [6, 6.07) is 10.7. The number of aryl methyl sites for hydroxylation is 1. The molecule has 1 aliphatic carbocycles. The molecule has 2 nitrogen and oxygen atoms in total. The lowest BCUT2D eigenvalue weighted by Crippen LogP contribution is -2.34. The van der Waals surface area contributed by atoms with Crippen LogP contribution in [-0.4, -0.2) is 11.9 Å². The molecule has 1 amide bonds. The van der Waals surface area contributed by atoms with E-state index >= 15 is 0 Å². The van der Waals surface area contributed by atoms with Crippen molar-refractivity contribution in [2.45, 2.75) is 39.2 Å². The molecule has 17 heavy (non-hydrogen) atoms. The molecule has 0 radical (unpaired) electrons. The molecular weight excluding hydrogens is 210 g/mol. The summed E-state index contributed by atoms with van der Waals surface area (Å²) in [5.41, 5.74) is 1.34. The quantitative estimate of drug-likeness (QED) is 0.829. The van der Waals surface area contributed by atoms with Crippen molar-refractivity contribution in [2.75, 3.05) is 0 Å². The maximum atomic E-state index is 11.7. The Morgan fingerprint density at radius 2 is 2.06 bits per heavy atom. The summed E-state index contributed by atoms with van der Waals surface area (Å²) in [6.45, 7) is 4.23. The second-order valence-corrected chi connectivity index (χ2v) is 5.25. The van der Waals surface area contributed by atoms with Gasteiger partial charge in [-0.15, -0.1) is 0 Å². The first-order valence-electron chi connectivity index (χ1n) is 6.51. The lowest BCUT2D eigenvalue weighted by atomic mass is 10.1. The van der Waals surface area contributed by atoms with Gasteiger partial charge in [0.05, 0.1) is 0 Å². The number of amides is 1. The molecule has 1 fully saturated rings. The topological polar surface area (TPSA) is 29.1 Å². The van der Waals surface area contributed by atoms with Gasteiger partial charge in [-0.3, -0.25) is 4.79 Å². The molecule has 3 atom stereocenters. The zero-order valence-electron chi connectivity index (χ0n) is 10.6. The molecule has 92 valence electrons. The molecule has 2 rings (SSSR count). The van der Waals surface area contributed by atoms with Crippen LogP contribution in [0.1, 0.15) is 32.3 Å². The summed E-state index contributed by atoms with van der Waals surface area (Å²) in [5.74, 6) is 1.13. The summed E-state index contributed by atoms with van der Waals surface area (Å²) < 4.78 is 0. The van der Waals surface area contributed by atoms with E-state index in [9.17, 15) is 4.79 Å². The van der Waals surface area contributed by atoms with Crippen LogP contribution < -0.4 is 5.32 Å². The monoisotopic (exact) mass is 231 g/mol. The van der Waals surface area contributed by atoms with E-state index < -0.39 is 0 Å². The van der Waals surface area contributed by atoms with Crippen LogP contribution in [0.3, 0.4) is 0 Å². The highest BCUT2D eigenvalue weighted by Gasteiger charge is 2.39. The summed E-state index contributed by atoms with van der Waals surface area (Å²) in [6.07, 6.45) is 3.11. The summed E-state index contributed by atoms with van der Waals surface area (Å²) in [7, 11) is 0. The molecule has 0 saturated heterocycles. The molecule has 0 bridgehead atoms. The van der Waals surface area contributed by atoms with Crippen LogP contribution in [0.2, 0.25) is 0 Å². The van der Waals surface area contributed by atoms with E-state index in [0.29, 0.717) is 5.92 Å². The van der Waals surface area contributed by atoms with Crippen molar-refractivity contribution >= 4 is 5.91 Å². The van der Waals surface area contributed by atoms with E-state index in [1.807, 2.05) is 6.07 Å². The molecule has 0 heterocycles. The second kappa shape index (κ2) is 5.35. The van der Waals surface area contributed by atoms with E-state index in [0.717, 1.165) is 19.3 Å². The number of benzene rings is 1. The molecular formula is C15H21NO. The number of hydrogen-bond donors (Lipinski definition) is 1. The number of rotatable bonds is 5. The van der Waals surface area contributed by atoms with Crippen molar-refractivity contribution in [3.05, 3.63) is 35.9 Å². The van der Waals surface area contributed by atoms with E-state index in [2.05, 4.69) is 43.4 Å². The van der Waals surface area contributed by atoms with Crippen LogP contribution >= 0.6 is 0 Å². The fraction of sp³-hybridized carbons (Fsp3) is 0.533. The Bertz CT molecular complexity index is 374. The van der Waals surface area contributed by atoms with Crippen LogP contribution in [0, 0.1) is 11.8 Å². The highest BCUT2D eigenvalue weighted by atomic mass is 16.2. The van der Waals surface area contributed by atoms with Gasteiger partial charge in [0.15, 0.2) is 0 Å². The maximum absolute atomic E-state index is 11.7. The summed E-state index contributed by atoms with van der Waals surface area (Å²) in [4.78, 5) is 11.7. The molecule has 1 aromatic rings. The molecule has 0 aromatic heterocycles. The van der Waals surface area contributed by atoms with Crippen LogP contribution in [0.25, 0.3) is 0 Å². The summed E-state index contributed by atoms with van der Waals surface area (Å²) >= 11 is 0. The first-order chi connectivity index (χ1) is 8.16. The molecule has 1 saturated carbocycles. The van der Waals surface area contributed by atoms with Gasteiger partial charge in [-0.1, -0.05) is 37.3 Å². The smallest absolute Gasteiger partial charge is 0.223 e. The van der Waals surface area contributed by atoms with Crippen molar-refractivity contribution in [2.24, 2.45) is 11.8 Å².